The molecule has 1 amide bonds. The number of benzene rings is 2. The summed E-state index contributed by atoms with van der Waals surface area (Å²) in [7, 11) is 0. The van der Waals surface area contributed by atoms with E-state index >= 15 is 0 Å². The van der Waals surface area contributed by atoms with Gasteiger partial charge in [-0.1, -0.05) is 42.5 Å². The maximum atomic E-state index is 12.4. The molecular weight excluding hydrogens is 350 g/mol. The molecule has 136 valence electrons. The average Bonchev–Trinajstić information content (AvgIpc) is 3.12. The number of carboxylic acids is 1. The normalized spacial score (nSPS) is 16.4. The van der Waals surface area contributed by atoms with Gasteiger partial charge in [-0.25, -0.2) is 9.80 Å². The minimum atomic E-state index is -1.23. The molecule has 2 aromatic rings. The molecule has 8 nitrogen and oxygen atoms in total. The summed E-state index contributed by atoms with van der Waals surface area (Å²) in [6.07, 6.45) is 2.06. The predicted octanol–water partition coefficient (Wildman–Crippen LogP) is 2.91. The van der Waals surface area contributed by atoms with Gasteiger partial charge in [0.05, 0.1) is 16.7 Å². The quantitative estimate of drug-likeness (QED) is 0.497. The fourth-order valence-electron chi connectivity index (χ4n) is 2.84. The summed E-state index contributed by atoms with van der Waals surface area (Å²) in [5.74, 6) is -1.81. The summed E-state index contributed by atoms with van der Waals surface area (Å²) in [5, 5.41) is 25.3. The van der Waals surface area contributed by atoms with Crippen molar-refractivity contribution in [2.75, 3.05) is 0 Å². The van der Waals surface area contributed by atoms with Crippen LogP contribution in [-0.2, 0) is 9.59 Å². The Hall–Kier alpha value is -3.81. The third-order valence-corrected chi connectivity index (χ3v) is 4.08. The molecule has 2 aromatic carbocycles. The summed E-state index contributed by atoms with van der Waals surface area (Å²) < 4.78 is 0. The molecule has 1 heterocycles. The highest BCUT2D eigenvalue weighted by Crippen LogP contribution is 2.33. The molecule has 0 radical (unpaired) electrons. The number of aliphatic carboxylic acids is 1. The van der Waals surface area contributed by atoms with Crippen LogP contribution in [-0.4, -0.2) is 32.6 Å². The molecule has 0 spiro atoms. The van der Waals surface area contributed by atoms with E-state index in [-0.39, 0.29) is 5.69 Å². The number of hydrogen-bond acceptors (Lipinski definition) is 5. The Labute approximate surface area is 154 Å². The summed E-state index contributed by atoms with van der Waals surface area (Å²) in [5.41, 5.74) is 1.83. The van der Waals surface area contributed by atoms with E-state index in [1.165, 1.54) is 17.1 Å². The number of nitrogens with zero attached hydrogens (tertiary/aromatic N) is 3. The van der Waals surface area contributed by atoms with E-state index in [0.717, 1.165) is 17.7 Å². The molecule has 0 saturated carbocycles. The number of hydrogen-bond donors (Lipinski definition) is 1. The Balaban J connectivity index is 1.97. The van der Waals surface area contributed by atoms with Crippen molar-refractivity contribution in [3.8, 4) is 0 Å². The number of carbonyl (C=O) groups is 2. The van der Waals surface area contributed by atoms with Crippen molar-refractivity contribution in [3.05, 3.63) is 88.0 Å². The van der Waals surface area contributed by atoms with E-state index in [9.17, 15) is 19.7 Å². The van der Waals surface area contributed by atoms with Crippen molar-refractivity contribution in [1.82, 2.24) is 5.01 Å². The van der Waals surface area contributed by atoms with Gasteiger partial charge in [0.15, 0.2) is 0 Å². The first-order chi connectivity index (χ1) is 13.0. The van der Waals surface area contributed by atoms with Crippen molar-refractivity contribution < 1.29 is 19.6 Å². The van der Waals surface area contributed by atoms with E-state index < -0.39 is 22.8 Å². The number of hydrazone groups is 1. The number of nitro benzene ring substituents is 1. The van der Waals surface area contributed by atoms with Crippen LogP contribution < -0.4 is 0 Å². The lowest BCUT2D eigenvalue weighted by Gasteiger charge is -2.20. The van der Waals surface area contributed by atoms with Crippen LogP contribution in [0.25, 0.3) is 0 Å². The summed E-state index contributed by atoms with van der Waals surface area (Å²) in [6.45, 7) is 0. The van der Waals surface area contributed by atoms with E-state index in [4.69, 9.17) is 5.11 Å². The lowest BCUT2D eigenvalue weighted by Crippen LogP contribution is -2.25. The molecule has 1 atom stereocenters. The van der Waals surface area contributed by atoms with Gasteiger partial charge in [-0.15, -0.1) is 0 Å². The summed E-state index contributed by atoms with van der Waals surface area (Å²) in [4.78, 5) is 33.7. The van der Waals surface area contributed by atoms with Crippen LogP contribution in [0.15, 0.2) is 71.9 Å². The van der Waals surface area contributed by atoms with Crippen molar-refractivity contribution in [2.24, 2.45) is 5.10 Å². The highest BCUT2D eigenvalue weighted by Gasteiger charge is 2.32. The van der Waals surface area contributed by atoms with E-state index in [2.05, 4.69) is 5.10 Å². The lowest BCUT2D eigenvalue weighted by atomic mass is 9.98. The predicted molar refractivity (Wildman–Crippen MR) is 97.1 cm³/mol. The molecule has 1 N–H and O–H groups in total. The Bertz CT molecular complexity index is 953. The van der Waals surface area contributed by atoms with Crippen LogP contribution in [0, 0.1) is 10.1 Å². The first-order valence-corrected chi connectivity index (χ1v) is 8.07. The molecule has 1 aliphatic rings. The number of carboxylic acid groups (broad SMARTS) is 1. The van der Waals surface area contributed by atoms with E-state index in [1.54, 1.807) is 12.1 Å². The van der Waals surface area contributed by atoms with Gasteiger partial charge in [-0.2, -0.15) is 5.10 Å². The van der Waals surface area contributed by atoms with Gasteiger partial charge in [0.2, 0.25) is 0 Å². The van der Waals surface area contributed by atoms with Crippen LogP contribution in [0.3, 0.4) is 0 Å². The van der Waals surface area contributed by atoms with Gasteiger partial charge < -0.3 is 5.11 Å². The average molecular weight is 365 g/mol. The standard InChI is InChI=1S/C19H15N3O5/c23-18(9-10-19(24)25)21-17(13-5-2-1-3-6-13)12-16(20-21)14-7-4-8-15(11-14)22(26)27/h1-11,17H,12H2,(H,24,25)/b10-9+. The SMILES string of the molecule is O=C(O)/C=C/C(=O)N1N=C(c2cccc([N+](=O)[O-])c2)CC1c1ccccc1. The van der Waals surface area contributed by atoms with Crippen LogP contribution in [0.1, 0.15) is 23.6 Å². The Kier molecular flexibility index (Phi) is 5.07. The van der Waals surface area contributed by atoms with E-state index in [0.29, 0.717) is 17.7 Å². The molecular formula is C19H15N3O5. The summed E-state index contributed by atoms with van der Waals surface area (Å²) in [6, 6.07) is 14.8. The molecule has 8 heteroatoms. The van der Waals surface area contributed by atoms with Gasteiger partial charge in [0, 0.05) is 36.3 Å². The molecule has 27 heavy (non-hydrogen) atoms. The Morgan fingerprint density at radius 3 is 2.56 bits per heavy atom. The zero-order chi connectivity index (χ0) is 19.4. The second-order valence-electron chi connectivity index (χ2n) is 5.84. The largest absolute Gasteiger partial charge is 0.478 e. The Morgan fingerprint density at radius 2 is 1.89 bits per heavy atom. The molecule has 1 unspecified atom stereocenters. The number of amides is 1. The topological polar surface area (TPSA) is 113 Å². The second kappa shape index (κ2) is 7.61. The number of rotatable bonds is 5. The van der Waals surface area contributed by atoms with Gasteiger partial charge in [0.25, 0.3) is 11.6 Å². The highest BCUT2D eigenvalue weighted by atomic mass is 16.6. The third kappa shape index (κ3) is 4.06. The van der Waals surface area contributed by atoms with Gasteiger partial charge in [-0.05, 0) is 5.56 Å². The second-order valence-corrected chi connectivity index (χ2v) is 5.84. The van der Waals surface area contributed by atoms with Gasteiger partial charge in [0.1, 0.15) is 0 Å². The monoisotopic (exact) mass is 365 g/mol. The molecule has 0 aliphatic carbocycles. The highest BCUT2D eigenvalue weighted by molar-refractivity contribution is 6.04. The number of carbonyl (C=O) groups excluding carboxylic acids is 1. The smallest absolute Gasteiger partial charge is 0.328 e. The molecule has 3 rings (SSSR count). The first-order valence-electron chi connectivity index (χ1n) is 8.07. The zero-order valence-electron chi connectivity index (χ0n) is 14.1. The van der Waals surface area contributed by atoms with Crippen LogP contribution in [0.5, 0.6) is 0 Å². The van der Waals surface area contributed by atoms with Gasteiger partial charge in [-0.3, -0.25) is 14.9 Å². The number of nitro groups is 1. The van der Waals surface area contributed by atoms with Crippen LogP contribution in [0.4, 0.5) is 5.69 Å². The third-order valence-electron chi connectivity index (χ3n) is 4.08. The molecule has 0 fully saturated rings. The minimum absolute atomic E-state index is 0.0676. The van der Waals surface area contributed by atoms with Crippen LogP contribution >= 0.6 is 0 Å². The maximum Gasteiger partial charge on any atom is 0.328 e. The molecule has 0 aromatic heterocycles. The van der Waals surface area contributed by atoms with Crippen molar-refractivity contribution in [2.45, 2.75) is 12.5 Å². The number of non-ortho nitro benzene ring substituents is 1. The first kappa shape index (κ1) is 18.0. The fourth-order valence-corrected chi connectivity index (χ4v) is 2.84. The van der Waals surface area contributed by atoms with Crippen molar-refractivity contribution in [1.29, 1.82) is 0 Å². The van der Waals surface area contributed by atoms with Gasteiger partial charge >= 0.3 is 5.97 Å². The van der Waals surface area contributed by atoms with Crippen molar-refractivity contribution in [3.63, 3.8) is 0 Å². The maximum absolute atomic E-state index is 12.4. The zero-order valence-corrected chi connectivity index (χ0v) is 14.1. The lowest BCUT2D eigenvalue weighted by molar-refractivity contribution is -0.384. The van der Waals surface area contributed by atoms with Crippen molar-refractivity contribution >= 4 is 23.3 Å². The molecule has 0 bridgehead atoms. The molecule has 0 saturated heterocycles. The molecule has 1 aliphatic heterocycles. The fraction of sp³-hybridized carbons (Fsp3) is 0.105. The summed E-state index contributed by atoms with van der Waals surface area (Å²) >= 11 is 0. The van der Waals surface area contributed by atoms with E-state index in [1.807, 2.05) is 30.3 Å². The Morgan fingerprint density at radius 1 is 1.15 bits per heavy atom. The minimum Gasteiger partial charge on any atom is -0.478 e. The van der Waals surface area contributed by atoms with Crippen LogP contribution in [0.2, 0.25) is 0 Å².